The van der Waals surface area contributed by atoms with Crippen LogP contribution in [-0.2, 0) is 9.53 Å². The van der Waals surface area contributed by atoms with Crippen molar-refractivity contribution in [2.24, 2.45) is 5.92 Å². The van der Waals surface area contributed by atoms with E-state index in [1.165, 1.54) is 7.11 Å². The quantitative estimate of drug-likeness (QED) is 0.488. The molecule has 0 aliphatic carbocycles. The first-order valence-corrected chi connectivity index (χ1v) is 3.66. The lowest BCUT2D eigenvalue weighted by Crippen LogP contribution is -2.31. The largest absolute Gasteiger partial charge is 0.469 e. The van der Waals surface area contributed by atoms with E-state index in [0.717, 1.165) is 0 Å². The first-order chi connectivity index (χ1) is 5.16. The topological polar surface area (TPSA) is 58.6 Å². The van der Waals surface area contributed by atoms with Gasteiger partial charge in [0, 0.05) is 12.6 Å². The highest BCUT2D eigenvalue weighted by Gasteiger charge is 2.36. The van der Waals surface area contributed by atoms with Crippen LogP contribution in [0.3, 0.4) is 0 Å². The van der Waals surface area contributed by atoms with E-state index in [4.69, 9.17) is 0 Å². The molecule has 1 aliphatic heterocycles. The average Bonchev–Trinajstić information content (AvgIpc) is 2.32. The maximum Gasteiger partial charge on any atom is 0.312 e. The third kappa shape index (κ3) is 1.52. The Balaban J connectivity index is 2.54. The third-order valence-corrected chi connectivity index (χ3v) is 2.09. The second-order valence-electron chi connectivity index (χ2n) is 2.82. The molecule has 0 radical (unpaired) electrons. The number of carbonyl (C=O) groups is 1. The van der Waals surface area contributed by atoms with Gasteiger partial charge in [-0.3, -0.25) is 4.79 Å². The van der Waals surface area contributed by atoms with Gasteiger partial charge in [-0.05, 0) is 6.92 Å². The number of methoxy groups -OCH3 is 1. The SMILES string of the molecule is COC(=O)[C@@H]1CN[C@H](C)[C@H]1O. The molecule has 4 nitrogen and oxygen atoms in total. The zero-order chi connectivity index (χ0) is 8.43. The summed E-state index contributed by atoms with van der Waals surface area (Å²) < 4.78 is 4.51. The lowest BCUT2D eigenvalue weighted by Gasteiger charge is -2.12. The first kappa shape index (κ1) is 8.49. The highest BCUT2D eigenvalue weighted by Crippen LogP contribution is 2.15. The number of aliphatic hydroxyl groups is 1. The molecule has 0 bridgehead atoms. The van der Waals surface area contributed by atoms with Gasteiger partial charge >= 0.3 is 5.97 Å². The van der Waals surface area contributed by atoms with Gasteiger partial charge in [0.25, 0.3) is 0 Å². The van der Waals surface area contributed by atoms with Gasteiger partial charge in [-0.25, -0.2) is 0 Å². The standard InChI is InChI=1S/C7H13NO3/c1-4-6(9)5(3-8-4)7(10)11-2/h4-6,8-9H,3H2,1-2H3/t4-,5-,6-/m1/s1. The Kier molecular flexibility index (Phi) is 2.46. The summed E-state index contributed by atoms with van der Waals surface area (Å²) in [6.45, 7) is 2.35. The monoisotopic (exact) mass is 159 g/mol. The number of hydrogen-bond donors (Lipinski definition) is 2. The fourth-order valence-electron chi connectivity index (χ4n) is 1.28. The van der Waals surface area contributed by atoms with Crippen molar-refractivity contribution in [1.29, 1.82) is 0 Å². The molecule has 64 valence electrons. The summed E-state index contributed by atoms with van der Waals surface area (Å²) >= 11 is 0. The average molecular weight is 159 g/mol. The number of carbonyl (C=O) groups excluding carboxylic acids is 1. The lowest BCUT2D eigenvalue weighted by atomic mass is 10.0. The highest BCUT2D eigenvalue weighted by atomic mass is 16.5. The molecule has 0 aromatic carbocycles. The van der Waals surface area contributed by atoms with E-state index in [1.807, 2.05) is 6.92 Å². The number of esters is 1. The van der Waals surface area contributed by atoms with Crippen LogP contribution in [-0.4, -0.2) is 36.9 Å². The van der Waals surface area contributed by atoms with Crippen molar-refractivity contribution in [2.45, 2.75) is 19.1 Å². The Bertz CT molecular complexity index is 160. The minimum atomic E-state index is -0.609. The van der Waals surface area contributed by atoms with Gasteiger partial charge in [0.2, 0.25) is 0 Å². The molecule has 0 unspecified atom stereocenters. The third-order valence-electron chi connectivity index (χ3n) is 2.09. The van der Waals surface area contributed by atoms with Crippen molar-refractivity contribution in [3.63, 3.8) is 0 Å². The highest BCUT2D eigenvalue weighted by molar-refractivity contribution is 5.73. The van der Waals surface area contributed by atoms with Crippen LogP contribution in [0.25, 0.3) is 0 Å². The van der Waals surface area contributed by atoms with Crippen LogP contribution >= 0.6 is 0 Å². The molecule has 0 amide bonds. The Morgan fingerprint density at radius 2 is 2.36 bits per heavy atom. The molecule has 0 aromatic heterocycles. The van der Waals surface area contributed by atoms with Crippen LogP contribution < -0.4 is 5.32 Å². The maximum absolute atomic E-state index is 10.9. The summed E-state index contributed by atoms with van der Waals surface area (Å²) in [5.41, 5.74) is 0. The molecule has 3 atom stereocenters. The van der Waals surface area contributed by atoms with Crippen LogP contribution in [0.2, 0.25) is 0 Å². The number of nitrogens with one attached hydrogen (secondary N) is 1. The predicted molar refractivity (Wildman–Crippen MR) is 39.0 cm³/mol. The second-order valence-corrected chi connectivity index (χ2v) is 2.82. The molecule has 1 fully saturated rings. The molecule has 1 aliphatic rings. The molecule has 2 N–H and O–H groups in total. The van der Waals surface area contributed by atoms with Gasteiger partial charge in [0.05, 0.1) is 19.1 Å². The van der Waals surface area contributed by atoms with E-state index in [2.05, 4.69) is 10.1 Å². The van der Waals surface area contributed by atoms with Crippen molar-refractivity contribution in [3.8, 4) is 0 Å². The van der Waals surface area contributed by atoms with Gasteiger partial charge in [-0.15, -0.1) is 0 Å². The zero-order valence-electron chi connectivity index (χ0n) is 6.70. The summed E-state index contributed by atoms with van der Waals surface area (Å²) in [4.78, 5) is 10.9. The summed E-state index contributed by atoms with van der Waals surface area (Å²) in [5.74, 6) is -0.732. The van der Waals surface area contributed by atoms with Crippen molar-refractivity contribution < 1.29 is 14.6 Å². The van der Waals surface area contributed by atoms with Crippen molar-refractivity contribution in [2.75, 3.05) is 13.7 Å². The molecule has 1 heterocycles. The second kappa shape index (κ2) is 3.19. The summed E-state index contributed by atoms with van der Waals surface area (Å²) in [5, 5.41) is 12.4. The minimum Gasteiger partial charge on any atom is -0.469 e. The van der Waals surface area contributed by atoms with E-state index in [0.29, 0.717) is 6.54 Å². The first-order valence-electron chi connectivity index (χ1n) is 3.66. The fourth-order valence-corrected chi connectivity index (χ4v) is 1.28. The maximum atomic E-state index is 10.9. The van der Waals surface area contributed by atoms with Crippen LogP contribution in [0.5, 0.6) is 0 Å². The predicted octanol–water partition coefficient (Wildman–Crippen LogP) is -0.872. The molecule has 0 saturated carbocycles. The molecule has 11 heavy (non-hydrogen) atoms. The summed E-state index contributed by atoms with van der Waals surface area (Å²) in [6, 6.07) is -0.0147. The zero-order valence-corrected chi connectivity index (χ0v) is 6.70. The van der Waals surface area contributed by atoms with Crippen molar-refractivity contribution >= 4 is 5.97 Å². The molecular formula is C7H13NO3. The number of rotatable bonds is 1. The number of aliphatic hydroxyl groups excluding tert-OH is 1. The molecule has 0 spiro atoms. The normalized spacial score (nSPS) is 37.2. The van der Waals surface area contributed by atoms with E-state index in [1.54, 1.807) is 0 Å². The minimum absolute atomic E-state index is 0.0147. The van der Waals surface area contributed by atoms with E-state index < -0.39 is 12.0 Å². The van der Waals surface area contributed by atoms with Gasteiger partial charge < -0.3 is 15.2 Å². The summed E-state index contributed by atoms with van der Waals surface area (Å²) in [6.07, 6.45) is -0.609. The smallest absolute Gasteiger partial charge is 0.312 e. The van der Waals surface area contributed by atoms with Crippen molar-refractivity contribution in [3.05, 3.63) is 0 Å². The Labute approximate surface area is 65.5 Å². The Morgan fingerprint density at radius 3 is 2.73 bits per heavy atom. The fraction of sp³-hybridized carbons (Fsp3) is 0.857. The van der Waals surface area contributed by atoms with E-state index in [9.17, 15) is 9.90 Å². The van der Waals surface area contributed by atoms with Crippen LogP contribution in [0.1, 0.15) is 6.92 Å². The van der Waals surface area contributed by atoms with E-state index >= 15 is 0 Å². The van der Waals surface area contributed by atoms with Crippen LogP contribution in [0.4, 0.5) is 0 Å². The molecular weight excluding hydrogens is 146 g/mol. The molecule has 1 rings (SSSR count). The molecule has 4 heteroatoms. The molecule has 1 saturated heterocycles. The van der Waals surface area contributed by atoms with Crippen molar-refractivity contribution in [1.82, 2.24) is 5.32 Å². The van der Waals surface area contributed by atoms with E-state index in [-0.39, 0.29) is 12.0 Å². The van der Waals surface area contributed by atoms with Gasteiger partial charge in [-0.2, -0.15) is 0 Å². The molecule has 0 aromatic rings. The van der Waals surface area contributed by atoms with Gasteiger partial charge in [-0.1, -0.05) is 0 Å². The number of hydrogen-bond acceptors (Lipinski definition) is 4. The lowest BCUT2D eigenvalue weighted by molar-refractivity contribution is -0.147. The van der Waals surface area contributed by atoms with Crippen LogP contribution in [0, 0.1) is 5.92 Å². The van der Waals surface area contributed by atoms with Gasteiger partial charge in [0.15, 0.2) is 0 Å². The van der Waals surface area contributed by atoms with Crippen LogP contribution in [0.15, 0.2) is 0 Å². The Morgan fingerprint density at radius 1 is 1.73 bits per heavy atom. The Hall–Kier alpha value is -0.610. The van der Waals surface area contributed by atoms with Gasteiger partial charge in [0.1, 0.15) is 0 Å². The number of ether oxygens (including phenoxy) is 1. The summed E-state index contributed by atoms with van der Waals surface area (Å²) in [7, 11) is 1.33.